The van der Waals surface area contributed by atoms with Crippen molar-refractivity contribution < 1.29 is 12.8 Å². The van der Waals surface area contributed by atoms with Crippen molar-refractivity contribution in [1.29, 1.82) is 0 Å². The standard InChI is InChI=1S/C13H13BrFN3O2S/c1-2-16-13-6-4-10(8-17-13)21(19,20)18-9-3-5-12(15)11(14)7-9/h3-8,18H,2H2,1H3,(H,16,17). The van der Waals surface area contributed by atoms with Gasteiger partial charge in [0.2, 0.25) is 0 Å². The van der Waals surface area contributed by atoms with Crippen molar-refractivity contribution in [3.05, 3.63) is 46.8 Å². The molecule has 1 aromatic heterocycles. The molecule has 0 amide bonds. The molecule has 0 saturated carbocycles. The number of nitrogens with one attached hydrogen (secondary N) is 2. The van der Waals surface area contributed by atoms with E-state index in [9.17, 15) is 12.8 Å². The van der Waals surface area contributed by atoms with E-state index >= 15 is 0 Å². The van der Waals surface area contributed by atoms with E-state index in [1.54, 1.807) is 6.07 Å². The van der Waals surface area contributed by atoms with E-state index in [2.05, 4.69) is 31.0 Å². The molecule has 112 valence electrons. The van der Waals surface area contributed by atoms with Crippen LogP contribution in [0.3, 0.4) is 0 Å². The highest BCUT2D eigenvalue weighted by molar-refractivity contribution is 9.10. The minimum absolute atomic E-state index is 0.0320. The Kier molecular flexibility index (Phi) is 4.79. The highest BCUT2D eigenvalue weighted by atomic mass is 79.9. The first-order chi connectivity index (χ1) is 9.92. The molecule has 0 aliphatic carbocycles. The Hall–Kier alpha value is -1.67. The van der Waals surface area contributed by atoms with Crippen molar-refractivity contribution in [3.8, 4) is 0 Å². The number of nitrogens with zero attached hydrogens (tertiary/aromatic N) is 1. The largest absolute Gasteiger partial charge is 0.370 e. The summed E-state index contributed by atoms with van der Waals surface area (Å²) in [6.45, 7) is 2.61. The van der Waals surface area contributed by atoms with Crippen LogP contribution >= 0.6 is 15.9 Å². The zero-order valence-corrected chi connectivity index (χ0v) is 13.5. The molecule has 0 aliphatic heterocycles. The van der Waals surface area contributed by atoms with E-state index < -0.39 is 15.8 Å². The number of aromatic nitrogens is 1. The molecular weight excluding hydrogens is 361 g/mol. The van der Waals surface area contributed by atoms with Gasteiger partial charge in [0.25, 0.3) is 10.0 Å². The molecule has 0 fully saturated rings. The molecule has 8 heteroatoms. The van der Waals surface area contributed by atoms with Gasteiger partial charge < -0.3 is 5.32 Å². The SMILES string of the molecule is CCNc1ccc(S(=O)(=O)Nc2ccc(F)c(Br)c2)cn1. The molecule has 0 unspecified atom stereocenters. The van der Waals surface area contributed by atoms with E-state index in [-0.39, 0.29) is 15.1 Å². The molecule has 0 bridgehead atoms. The first-order valence-corrected chi connectivity index (χ1v) is 8.38. The van der Waals surface area contributed by atoms with Crippen LogP contribution in [-0.2, 0) is 10.0 Å². The maximum Gasteiger partial charge on any atom is 0.263 e. The maximum atomic E-state index is 13.1. The lowest BCUT2D eigenvalue weighted by Crippen LogP contribution is -2.13. The van der Waals surface area contributed by atoms with Crippen LogP contribution in [-0.4, -0.2) is 19.9 Å². The molecule has 2 aromatic rings. The summed E-state index contributed by atoms with van der Waals surface area (Å²) >= 11 is 3.01. The first-order valence-electron chi connectivity index (χ1n) is 6.10. The topological polar surface area (TPSA) is 71.1 Å². The number of anilines is 2. The molecule has 2 N–H and O–H groups in total. The molecule has 5 nitrogen and oxygen atoms in total. The van der Waals surface area contributed by atoms with Gasteiger partial charge in [0.15, 0.2) is 0 Å². The second-order valence-corrected chi connectivity index (χ2v) is 6.68. The lowest BCUT2D eigenvalue weighted by atomic mass is 10.3. The summed E-state index contributed by atoms with van der Waals surface area (Å²) in [5.41, 5.74) is 0.263. The smallest absolute Gasteiger partial charge is 0.263 e. The van der Waals surface area contributed by atoms with E-state index in [4.69, 9.17) is 0 Å². The first kappa shape index (κ1) is 15.7. The van der Waals surface area contributed by atoms with Gasteiger partial charge in [-0.1, -0.05) is 0 Å². The van der Waals surface area contributed by atoms with Crippen molar-refractivity contribution in [3.63, 3.8) is 0 Å². The van der Waals surface area contributed by atoms with Gasteiger partial charge >= 0.3 is 0 Å². The van der Waals surface area contributed by atoms with Gasteiger partial charge in [-0.05, 0) is 53.2 Å². The summed E-state index contributed by atoms with van der Waals surface area (Å²) in [6, 6.07) is 6.91. The zero-order chi connectivity index (χ0) is 15.5. The summed E-state index contributed by atoms with van der Waals surface area (Å²) in [4.78, 5) is 4.04. The van der Waals surface area contributed by atoms with Crippen LogP contribution in [0.25, 0.3) is 0 Å². The predicted molar refractivity (Wildman–Crippen MR) is 83.3 cm³/mol. The van der Waals surface area contributed by atoms with Gasteiger partial charge in [-0.15, -0.1) is 0 Å². The van der Waals surface area contributed by atoms with Crippen molar-refractivity contribution in [2.24, 2.45) is 0 Å². The normalized spacial score (nSPS) is 11.2. The fraction of sp³-hybridized carbons (Fsp3) is 0.154. The van der Waals surface area contributed by atoms with E-state index in [0.29, 0.717) is 12.4 Å². The Bertz CT molecular complexity index is 736. The van der Waals surface area contributed by atoms with Gasteiger partial charge in [-0.25, -0.2) is 17.8 Å². The second-order valence-electron chi connectivity index (χ2n) is 4.14. The number of hydrogen-bond acceptors (Lipinski definition) is 4. The number of sulfonamides is 1. The Morgan fingerprint density at radius 3 is 2.62 bits per heavy atom. The summed E-state index contributed by atoms with van der Waals surface area (Å²) < 4.78 is 40.1. The van der Waals surface area contributed by atoms with Gasteiger partial charge in [0, 0.05) is 12.7 Å². The number of hydrogen-bond donors (Lipinski definition) is 2. The summed E-state index contributed by atoms with van der Waals surface area (Å²) in [6.07, 6.45) is 1.26. The highest BCUT2D eigenvalue weighted by Crippen LogP contribution is 2.22. The monoisotopic (exact) mass is 373 g/mol. The summed E-state index contributed by atoms with van der Waals surface area (Å²) in [5.74, 6) is 0.135. The summed E-state index contributed by atoms with van der Waals surface area (Å²) in [7, 11) is -3.76. The minimum atomic E-state index is -3.76. The quantitative estimate of drug-likeness (QED) is 0.843. The molecule has 0 spiro atoms. The fourth-order valence-corrected chi connectivity index (χ4v) is 2.97. The van der Waals surface area contributed by atoms with Gasteiger partial charge in [0.05, 0.1) is 10.2 Å². The van der Waals surface area contributed by atoms with Crippen LogP contribution in [0.5, 0.6) is 0 Å². The maximum absolute atomic E-state index is 13.1. The highest BCUT2D eigenvalue weighted by Gasteiger charge is 2.15. The Labute approximate surface area is 130 Å². The predicted octanol–water partition coefficient (Wildman–Crippen LogP) is 3.22. The number of rotatable bonds is 5. The van der Waals surface area contributed by atoms with Gasteiger partial charge in [-0.2, -0.15) is 0 Å². The number of pyridine rings is 1. The van der Waals surface area contributed by atoms with Crippen LogP contribution in [0, 0.1) is 5.82 Å². The third-order valence-corrected chi connectivity index (χ3v) is 4.55. The van der Waals surface area contributed by atoms with Crippen LogP contribution in [0.2, 0.25) is 0 Å². The van der Waals surface area contributed by atoms with Crippen molar-refractivity contribution in [2.75, 3.05) is 16.6 Å². The van der Waals surface area contributed by atoms with Gasteiger partial charge in [0.1, 0.15) is 16.5 Å². The third kappa shape index (κ3) is 3.92. The lowest BCUT2D eigenvalue weighted by Gasteiger charge is -2.09. The Morgan fingerprint density at radius 1 is 1.29 bits per heavy atom. The number of halogens is 2. The second kappa shape index (κ2) is 6.40. The molecular formula is C13H13BrFN3O2S. The van der Waals surface area contributed by atoms with Gasteiger partial charge in [-0.3, -0.25) is 4.72 Å². The van der Waals surface area contributed by atoms with E-state index in [1.165, 1.54) is 30.5 Å². The molecule has 1 heterocycles. The van der Waals surface area contributed by atoms with Crippen molar-refractivity contribution in [1.82, 2.24) is 4.98 Å². The van der Waals surface area contributed by atoms with E-state index in [0.717, 1.165) is 0 Å². The van der Waals surface area contributed by atoms with E-state index in [1.807, 2.05) is 6.92 Å². The Morgan fingerprint density at radius 2 is 2.05 bits per heavy atom. The summed E-state index contributed by atoms with van der Waals surface area (Å²) in [5, 5.41) is 2.98. The van der Waals surface area contributed by atoms with Crippen molar-refractivity contribution in [2.45, 2.75) is 11.8 Å². The van der Waals surface area contributed by atoms with Crippen LogP contribution in [0.15, 0.2) is 45.9 Å². The lowest BCUT2D eigenvalue weighted by molar-refractivity contribution is 0.600. The average Bonchev–Trinajstić information content (AvgIpc) is 2.44. The Balaban J connectivity index is 2.23. The molecule has 0 saturated heterocycles. The molecule has 2 rings (SSSR count). The van der Waals surface area contributed by atoms with Crippen LogP contribution in [0.4, 0.5) is 15.9 Å². The molecule has 1 aromatic carbocycles. The minimum Gasteiger partial charge on any atom is -0.370 e. The molecule has 0 radical (unpaired) electrons. The average molecular weight is 374 g/mol. The van der Waals surface area contributed by atoms with Crippen LogP contribution in [0.1, 0.15) is 6.92 Å². The third-order valence-electron chi connectivity index (χ3n) is 2.58. The van der Waals surface area contributed by atoms with Crippen molar-refractivity contribution >= 4 is 37.5 Å². The zero-order valence-electron chi connectivity index (χ0n) is 11.1. The van der Waals surface area contributed by atoms with Crippen LogP contribution < -0.4 is 10.0 Å². The molecule has 0 atom stereocenters. The molecule has 0 aliphatic rings. The number of benzene rings is 1. The fourth-order valence-electron chi connectivity index (χ4n) is 1.60. The molecule has 21 heavy (non-hydrogen) atoms.